The Morgan fingerprint density at radius 3 is 2.89 bits per heavy atom. The van der Waals surface area contributed by atoms with Gasteiger partial charge in [-0.1, -0.05) is 16.5 Å². The lowest BCUT2D eigenvalue weighted by Gasteiger charge is -2.03. The lowest BCUT2D eigenvalue weighted by molar-refractivity contribution is 0.318. The molecule has 9 heteroatoms. The van der Waals surface area contributed by atoms with Gasteiger partial charge in [0, 0.05) is 25.9 Å². The fraction of sp³-hybridized carbons (Fsp3) is 0.200. The summed E-state index contributed by atoms with van der Waals surface area (Å²) in [5.74, 6) is 0.0514. The number of amidine groups is 1. The Kier molecular flexibility index (Phi) is 4.17. The van der Waals surface area contributed by atoms with Crippen molar-refractivity contribution in [2.45, 2.75) is 9.37 Å². The van der Waals surface area contributed by atoms with Crippen molar-refractivity contribution < 1.29 is 5.21 Å². The number of aromatic nitrogens is 3. The van der Waals surface area contributed by atoms with E-state index in [2.05, 4.69) is 20.3 Å². The molecule has 2 heterocycles. The van der Waals surface area contributed by atoms with Gasteiger partial charge in [0.1, 0.15) is 5.03 Å². The zero-order valence-corrected chi connectivity index (χ0v) is 11.9. The molecule has 0 amide bonds. The predicted octanol–water partition coefficient (Wildman–Crippen LogP) is 1.24. The third-order valence-electron chi connectivity index (χ3n) is 2.11. The van der Waals surface area contributed by atoms with Gasteiger partial charge in [-0.2, -0.15) is 0 Å². The molecule has 0 fully saturated rings. The monoisotopic (exact) mass is 296 g/mol. The molecule has 2 rings (SSSR count). The van der Waals surface area contributed by atoms with E-state index >= 15 is 0 Å². The Morgan fingerprint density at radius 1 is 1.47 bits per heavy atom. The van der Waals surface area contributed by atoms with Crippen molar-refractivity contribution in [3.05, 3.63) is 23.9 Å². The van der Waals surface area contributed by atoms with Crippen LogP contribution in [0.5, 0.6) is 0 Å². The Balaban J connectivity index is 2.18. The van der Waals surface area contributed by atoms with Crippen LogP contribution in [0.25, 0.3) is 0 Å². The molecular formula is C10H12N6OS2. The van der Waals surface area contributed by atoms with Gasteiger partial charge in [0.2, 0.25) is 5.13 Å². The van der Waals surface area contributed by atoms with Gasteiger partial charge in [0.15, 0.2) is 10.2 Å². The number of pyridine rings is 1. The summed E-state index contributed by atoms with van der Waals surface area (Å²) < 4.78 is 0.785. The predicted molar refractivity (Wildman–Crippen MR) is 75.1 cm³/mol. The second-order valence-electron chi connectivity index (χ2n) is 3.72. The van der Waals surface area contributed by atoms with Crippen molar-refractivity contribution >= 4 is 34.1 Å². The van der Waals surface area contributed by atoms with E-state index in [0.717, 1.165) is 9.47 Å². The number of hydrogen-bond acceptors (Lipinski definition) is 8. The van der Waals surface area contributed by atoms with Crippen LogP contribution < -0.4 is 10.6 Å². The molecule has 7 nitrogen and oxygen atoms in total. The highest BCUT2D eigenvalue weighted by Crippen LogP contribution is 2.31. The molecule has 0 radical (unpaired) electrons. The van der Waals surface area contributed by atoms with E-state index in [9.17, 15) is 0 Å². The third kappa shape index (κ3) is 3.32. The van der Waals surface area contributed by atoms with E-state index < -0.39 is 0 Å². The Bertz CT molecular complexity index is 597. The largest absolute Gasteiger partial charge is 0.409 e. The van der Waals surface area contributed by atoms with Gasteiger partial charge in [-0.25, -0.2) is 4.98 Å². The molecule has 0 atom stereocenters. The molecule has 0 saturated carbocycles. The Labute approximate surface area is 118 Å². The minimum Gasteiger partial charge on any atom is -0.409 e. The number of oxime groups is 1. The van der Waals surface area contributed by atoms with Gasteiger partial charge in [-0.05, 0) is 23.9 Å². The van der Waals surface area contributed by atoms with E-state index in [1.807, 2.05) is 19.0 Å². The first kappa shape index (κ1) is 13.6. The van der Waals surface area contributed by atoms with Crippen LogP contribution in [0.4, 0.5) is 5.13 Å². The number of nitrogens with two attached hydrogens (primary N) is 1. The highest BCUT2D eigenvalue weighted by atomic mass is 32.2. The molecule has 0 spiro atoms. The molecule has 0 saturated heterocycles. The highest BCUT2D eigenvalue weighted by Gasteiger charge is 2.09. The first-order chi connectivity index (χ1) is 9.10. The quantitative estimate of drug-likeness (QED) is 0.379. The van der Waals surface area contributed by atoms with Crippen LogP contribution in [-0.2, 0) is 0 Å². The summed E-state index contributed by atoms with van der Waals surface area (Å²) in [6.07, 6.45) is 1.60. The molecule has 0 aliphatic carbocycles. The molecule has 0 bridgehead atoms. The van der Waals surface area contributed by atoms with E-state index in [-0.39, 0.29) is 5.84 Å². The normalized spacial score (nSPS) is 11.6. The molecule has 3 N–H and O–H groups in total. The molecule has 0 unspecified atom stereocenters. The summed E-state index contributed by atoms with van der Waals surface area (Å²) in [6, 6.07) is 3.40. The van der Waals surface area contributed by atoms with Gasteiger partial charge >= 0.3 is 0 Å². The van der Waals surface area contributed by atoms with E-state index in [4.69, 9.17) is 10.9 Å². The van der Waals surface area contributed by atoms with Crippen LogP contribution in [0.1, 0.15) is 5.56 Å². The smallest absolute Gasteiger partial charge is 0.208 e. The lowest BCUT2D eigenvalue weighted by Crippen LogP contribution is -2.13. The van der Waals surface area contributed by atoms with E-state index in [1.54, 1.807) is 18.3 Å². The molecular weight excluding hydrogens is 284 g/mol. The molecule has 2 aromatic heterocycles. The summed E-state index contributed by atoms with van der Waals surface area (Å²) in [7, 11) is 3.82. The SMILES string of the molecule is CN(C)c1nnc(Sc2cc(C(N)=NO)ccn2)s1. The number of nitrogens with zero attached hydrogens (tertiary/aromatic N) is 5. The number of anilines is 1. The van der Waals surface area contributed by atoms with Crippen LogP contribution in [0.2, 0.25) is 0 Å². The third-order valence-corrected chi connectivity index (χ3v) is 4.18. The molecule has 0 aliphatic heterocycles. The van der Waals surface area contributed by atoms with Crippen LogP contribution in [0, 0.1) is 0 Å². The van der Waals surface area contributed by atoms with E-state index in [1.165, 1.54) is 23.1 Å². The topological polar surface area (TPSA) is 101 Å². The molecule has 0 aliphatic rings. The minimum atomic E-state index is 0.0514. The molecule has 2 aromatic rings. The zero-order valence-electron chi connectivity index (χ0n) is 10.3. The van der Waals surface area contributed by atoms with Crippen molar-refractivity contribution in [2.75, 3.05) is 19.0 Å². The average Bonchev–Trinajstić information content (AvgIpc) is 2.87. The van der Waals surface area contributed by atoms with Crippen molar-refractivity contribution in [1.29, 1.82) is 0 Å². The molecule has 19 heavy (non-hydrogen) atoms. The second kappa shape index (κ2) is 5.85. The Morgan fingerprint density at radius 2 is 2.26 bits per heavy atom. The summed E-state index contributed by atoms with van der Waals surface area (Å²) in [5, 5.41) is 21.3. The van der Waals surface area contributed by atoms with Crippen LogP contribution in [0.3, 0.4) is 0 Å². The van der Waals surface area contributed by atoms with Crippen molar-refractivity contribution in [3.8, 4) is 0 Å². The fourth-order valence-corrected chi connectivity index (χ4v) is 2.90. The Hall–Kier alpha value is -1.87. The van der Waals surface area contributed by atoms with Gasteiger partial charge in [0.25, 0.3) is 0 Å². The summed E-state index contributed by atoms with van der Waals surface area (Å²) in [4.78, 5) is 6.09. The van der Waals surface area contributed by atoms with Crippen molar-refractivity contribution in [1.82, 2.24) is 15.2 Å². The first-order valence-corrected chi connectivity index (χ1v) is 6.86. The lowest BCUT2D eigenvalue weighted by atomic mass is 10.2. The minimum absolute atomic E-state index is 0.0514. The van der Waals surface area contributed by atoms with E-state index in [0.29, 0.717) is 10.6 Å². The molecule has 0 aromatic carbocycles. The van der Waals surface area contributed by atoms with Crippen LogP contribution >= 0.6 is 23.1 Å². The van der Waals surface area contributed by atoms with Crippen molar-refractivity contribution in [2.24, 2.45) is 10.9 Å². The fourth-order valence-electron chi connectivity index (χ4n) is 1.20. The second-order valence-corrected chi connectivity index (χ2v) is 5.94. The van der Waals surface area contributed by atoms with Gasteiger partial charge in [0.05, 0.1) is 0 Å². The first-order valence-electron chi connectivity index (χ1n) is 5.23. The number of rotatable bonds is 4. The molecule has 100 valence electrons. The van der Waals surface area contributed by atoms with Gasteiger partial charge < -0.3 is 15.8 Å². The summed E-state index contributed by atoms with van der Waals surface area (Å²) in [6.45, 7) is 0. The van der Waals surface area contributed by atoms with Crippen LogP contribution in [0.15, 0.2) is 32.9 Å². The maximum Gasteiger partial charge on any atom is 0.208 e. The van der Waals surface area contributed by atoms with Crippen LogP contribution in [-0.4, -0.2) is 40.3 Å². The van der Waals surface area contributed by atoms with Gasteiger partial charge in [-0.3, -0.25) is 0 Å². The maximum atomic E-state index is 8.64. The zero-order chi connectivity index (χ0) is 13.8. The highest BCUT2D eigenvalue weighted by molar-refractivity contribution is 8.01. The average molecular weight is 296 g/mol. The number of hydrogen-bond donors (Lipinski definition) is 2. The maximum absolute atomic E-state index is 8.64. The standard InChI is InChI=1S/C10H12N6OS2/c1-16(2)9-13-14-10(19-9)18-7-5-6(3-4-12-7)8(11)15-17/h3-5,17H,1-2H3,(H2,11,15). The summed E-state index contributed by atoms with van der Waals surface area (Å²) in [5.41, 5.74) is 6.14. The summed E-state index contributed by atoms with van der Waals surface area (Å²) >= 11 is 2.85. The van der Waals surface area contributed by atoms with Crippen molar-refractivity contribution in [3.63, 3.8) is 0 Å². The van der Waals surface area contributed by atoms with Gasteiger partial charge in [-0.15, -0.1) is 10.2 Å².